The molecule has 2 rings (SSSR count). The lowest BCUT2D eigenvalue weighted by atomic mass is 10.1. The Morgan fingerprint density at radius 3 is 2.86 bits per heavy atom. The molecule has 0 aromatic carbocycles. The van der Waals surface area contributed by atoms with E-state index in [0.29, 0.717) is 0 Å². The van der Waals surface area contributed by atoms with Gasteiger partial charge < -0.3 is 30.1 Å². The van der Waals surface area contributed by atoms with Crippen molar-refractivity contribution in [3.8, 4) is 0 Å². The number of tetrazole rings is 1. The number of aliphatic hydroxyl groups excluding tert-OH is 3. The van der Waals surface area contributed by atoms with Gasteiger partial charge in [0, 0.05) is 0 Å². The third-order valence-electron chi connectivity index (χ3n) is 2.95. The second kappa shape index (κ2) is 6.76. The number of carbonyl (C=O) groups is 1. The summed E-state index contributed by atoms with van der Waals surface area (Å²) in [5.41, 5.74) is 0. The molecular weight excluding hydrogens is 286 g/mol. The van der Waals surface area contributed by atoms with Crippen LogP contribution in [0.15, 0.2) is 0 Å². The van der Waals surface area contributed by atoms with Gasteiger partial charge in [-0.1, -0.05) is 5.10 Å². The highest BCUT2D eigenvalue weighted by Crippen LogP contribution is 2.29. The SMILES string of the molecule is CCOC(=O)CNc1nnnn1[C@H]1O[C@@H](CO)[C@@H](O)[C@H]1O. The first kappa shape index (κ1) is 15.6. The predicted molar refractivity (Wildman–Crippen MR) is 65.9 cm³/mol. The van der Waals surface area contributed by atoms with Crippen molar-refractivity contribution in [2.24, 2.45) is 0 Å². The minimum atomic E-state index is -1.31. The van der Waals surface area contributed by atoms with Gasteiger partial charge in [-0.05, 0) is 17.4 Å². The highest BCUT2D eigenvalue weighted by Gasteiger charge is 2.44. The maximum Gasteiger partial charge on any atom is 0.325 e. The largest absolute Gasteiger partial charge is 0.465 e. The highest BCUT2D eigenvalue weighted by molar-refractivity contribution is 5.74. The van der Waals surface area contributed by atoms with E-state index in [0.717, 1.165) is 4.68 Å². The average Bonchev–Trinajstić information content (AvgIpc) is 3.03. The van der Waals surface area contributed by atoms with Crippen molar-refractivity contribution in [1.29, 1.82) is 0 Å². The summed E-state index contributed by atoms with van der Waals surface area (Å²) >= 11 is 0. The number of anilines is 1. The Morgan fingerprint density at radius 1 is 1.48 bits per heavy atom. The van der Waals surface area contributed by atoms with Gasteiger partial charge in [-0.15, -0.1) is 0 Å². The van der Waals surface area contributed by atoms with Crippen LogP contribution < -0.4 is 5.32 Å². The lowest BCUT2D eigenvalue weighted by Crippen LogP contribution is -2.33. The van der Waals surface area contributed by atoms with Gasteiger partial charge in [0.15, 0.2) is 6.23 Å². The quantitative estimate of drug-likeness (QED) is 0.407. The Balaban J connectivity index is 2.05. The van der Waals surface area contributed by atoms with E-state index in [2.05, 4.69) is 20.8 Å². The third-order valence-corrected chi connectivity index (χ3v) is 2.95. The number of ether oxygens (including phenoxy) is 2. The van der Waals surface area contributed by atoms with Crippen molar-refractivity contribution >= 4 is 11.9 Å². The lowest BCUT2D eigenvalue weighted by molar-refractivity contribution is -0.140. The summed E-state index contributed by atoms with van der Waals surface area (Å²) in [5.74, 6) is -0.425. The molecule has 0 radical (unpaired) electrons. The molecule has 0 spiro atoms. The smallest absolute Gasteiger partial charge is 0.325 e. The molecule has 0 bridgehead atoms. The van der Waals surface area contributed by atoms with Gasteiger partial charge in [0.1, 0.15) is 24.9 Å². The monoisotopic (exact) mass is 303 g/mol. The molecule has 1 aliphatic rings. The maximum absolute atomic E-state index is 11.3. The first-order chi connectivity index (χ1) is 10.1. The van der Waals surface area contributed by atoms with E-state index in [1.54, 1.807) is 6.92 Å². The van der Waals surface area contributed by atoms with Crippen LogP contribution >= 0.6 is 0 Å². The Morgan fingerprint density at radius 2 is 2.24 bits per heavy atom. The molecule has 0 aliphatic carbocycles. The van der Waals surface area contributed by atoms with Gasteiger partial charge in [0.25, 0.3) is 0 Å². The first-order valence-corrected chi connectivity index (χ1v) is 6.38. The van der Waals surface area contributed by atoms with Gasteiger partial charge in [-0.25, -0.2) is 0 Å². The average molecular weight is 303 g/mol. The van der Waals surface area contributed by atoms with E-state index >= 15 is 0 Å². The number of rotatable bonds is 6. The van der Waals surface area contributed by atoms with Crippen LogP contribution in [0.2, 0.25) is 0 Å². The Bertz CT molecular complexity index is 482. The molecule has 0 unspecified atom stereocenters. The molecular formula is C10H17N5O6. The number of hydrogen-bond acceptors (Lipinski definition) is 10. The van der Waals surface area contributed by atoms with Crippen LogP contribution in [0.4, 0.5) is 5.95 Å². The van der Waals surface area contributed by atoms with Crippen LogP contribution in [0.25, 0.3) is 0 Å². The molecule has 0 amide bonds. The standard InChI is InChI=1S/C10H17N5O6/c1-2-20-6(17)3-11-10-12-13-14-15(10)9-8(19)7(18)5(4-16)21-9/h5,7-9,16,18-19H,2-4H2,1H3,(H,11,12,14)/t5-,7+,8+,9-/m0/s1. The number of hydrogen-bond donors (Lipinski definition) is 4. The van der Waals surface area contributed by atoms with Crippen LogP contribution in [0.1, 0.15) is 13.2 Å². The lowest BCUT2D eigenvalue weighted by Gasteiger charge is -2.16. The van der Waals surface area contributed by atoms with E-state index in [-0.39, 0.29) is 19.1 Å². The summed E-state index contributed by atoms with van der Waals surface area (Å²) in [4.78, 5) is 11.3. The summed E-state index contributed by atoms with van der Waals surface area (Å²) in [5, 5.41) is 42.0. The van der Waals surface area contributed by atoms with Gasteiger partial charge in [-0.3, -0.25) is 4.79 Å². The van der Waals surface area contributed by atoms with Gasteiger partial charge in [-0.2, -0.15) is 4.68 Å². The highest BCUT2D eigenvalue weighted by atomic mass is 16.6. The molecule has 1 aliphatic heterocycles. The molecule has 4 N–H and O–H groups in total. The summed E-state index contributed by atoms with van der Waals surface area (Å²) in [6, 6.07) is 0. The first-order valence-electron chi connectivity index (χ1n) is 6.38. The molecule has 1 aromatic rings. The number of esters is 1. The molecule has 11 nitrogen and oxygen atoms in total. The van der Waals surface area contributed by atoms with Crippen LogP contribution in [-0.4, -0.2) is 79.6 Å². The molecule has 4 atom stereocenters. The minimum absolute atomic E-state index is 0.0675. The number of aromatic nitrogens is 4. The fraction of sp³-hybridized carbons (Fsp3) is 0.800. The molecule has 0 saturated carbocycles. The normalized spacial score (nSPS) is 28.6. The summed E-state index contributed by atoms with van der Waals surface area (Å²) < 4.78 is 11.1. The topological polar surface area (TPSA) is 152 Å². The van der Waals surface area contributed by atoms with E-state index in [1.165, 1.54) is 0 Å². The number of nitrogens with zero attached hydrogens (tertiary/aromatic N) is 4. The van der Waals surface area contributed by atoms with E-state index in [9.17, 15) is 15.0 Å². The number of carbonyl (C=O) groups excluding carboxylic acids is 1. The summed E-state index contributed by atoms with van der Waals surface area (Å²) in [6.07, 6.45) is -4.58. The van der Waals surface area contributed by atoms with Crippen molar-refractivity contribution in [3.05, 3.63) is 0 Å². The summed E-state index contributed by atoms with van der Waals surface area (Å²) in [6.45, 7) is 1.31. The fourth-order valence-corrected chi connectivity index (χ4v) is 1.93. The molecule has 1 saturated heterocycles. The Hall–Kier alpha value is -1.82. The second-order valence-corrected chi connectivity index (χ2v) is 4.33. The molecule has 1 aromatic heterocycles. The summed E-state index contributed by atoms with van der Waals surface area (Å²) in [7, 11) is 0. The van der Waals surface area contributed by atoms with Crippen LogP contribution in [0.3, 0.4) is 0 Å². The predicted octanol–water partition coefficient (Wildman–Crippen LogP) is -2.74. The van der Waals surface area contributed by atoms with Gasteiger partial charge >= 0.3 is 5.97 Å². The Kier molecular flexibility index (Phi) is 5.01. The van der Waals surface area contributed by atoms with Gasteiger partial charge in [0.2, 0.25) is 5.95 Å². The van der Waals surface area contributed by atoms with Crippen molar-refractivity contribution < 1.29 is 29.6 Å². The maximum atomic E-state index is 11.3. The zero-order valence-electron chi connectivity index (χ0n) is 11.3. The molecule has 2 heterocycles. The van der Waals surface area contributed by atoms with Gasteiger partial charge in [0.05, 0.1) is 13.2 Å². The van der Waals surface area contributed by atoms with Crippen molar-refractivity contribution in [1.82, 2.24) is 20.2 Å². The third kappa shape index (κ3) is 3.26. The number of aliphatic hydroxyl groups is 3. The van der Waals surface area contributed by atoms with E-state index in [1.807, 2.05) is 0 Å². The second-order valence-electron chi connectivity index (χ2n) is 4.33. The molecule has 1 fully saturated rings. The zero-order valence-corrected chi connectivity index (χ0v) is 11.3. The Labute approximate surface area is 119 Å². The molecule has 11 heteroatoms. The van der Waals surface area contributed by atoms with Crippen molar-refractivity contribution in [3.63, 3.8) is 0 Å². The van der Waals surface area contributed by atoms with Crippen molar-refractivity contribution in [2.45, 2.75) is 31.5 Å². The zero-order chi connectivity index (χ0) is 15.4. The number of nitrogens with one attached hydrogen (secondary N) is 1. The van der Waals surface area contributed by atoms with Crippen molar-refractivity contribution in [2.75, 3.05) is 25.1 Å². The van der Waals surface area contributed by atoms with E-state index in [4.69, 9.17) is 14.6 Å². The fourth-order valence-electron chi connectivity index (χ4n) is 1.93. The minimum Gasteiger partial charge on any atom is -0.465 e. The van der Waals surface area contributed by atoms with E-state index < -0.39 is 37.1 Å². The molecule has 21 heavy (non-hydrogen) atoms. The van der Waals surface area contributed by atoms with Crippen LogP contribution in [-0.2, 0) is 14.3 Å². The molecule has 118 valence electrons. The van der Waals surface area contributed by atoms with Crippen LogP contribution in [0.5, 0.6) is 0 Å². The van der Waals surface area contributed by atoms with Crippen LogP contribution in [0, 0.1) is 0 Å².